The van der Waals surface area contributed by atoms with Gasteiger partial charge in [0, 0.05) is 18.0 Å². The Bertz CT molecular complexity index is 1050. The standard InChI is InChI=1S/C23H23F3N2O3/c1-30-17-11-7-15(8-12-17)20(29)13-14-5-9-16(10-6-14)27-18-3-2-4-19-21(18)31-22(28-19)23(24,25)26/h2-4,7-8,11-12,14,16,27H,5-6,9-10,13H2,1H3. The Hall–Kier alpha value is -3.03. The van der Waals surface area contributed by atoms with Crippen molar-refractivity contribution in [1.29, 1.82) is 0 Å². The summed E-state index contributed by atoms with van der Waals surface area (Å²) < 4.78 is 48.9. The van der Waals surface area contributed by atoms with E-state index in [2.05, 4.69) is 10.3 Å². The molecule has 1 saturated carbocycles. The number of hydrogen-bond acceptors (Lipinski definition) is 5. The summed E-state index contributed by atoms with van der Waals surface area (Å²) in [6, 6.07) is 12.1. The van der Waals surface area contributed by atoms with E-state index in [1.165, 1.54) is 6.07 Å². The summed E-state index contributed by atoms with van der Waals surface area (Å²) in [5.74, 6) is -0.111. The van der Waals surface area contributed by atoms with Gasteiger partial charge >= 0.3 is 12.1 Å². The second-order valence-corrected chi connectivity index (χ2v) is 7.89. The molecule has 1 aliphatic carbocycles. The first-order valence-corrected chi connectivity index (χ1v) is 10.2. The molecular formula is C23H23F3N2O3. The molecule has 8 heteroatoms. The first-order chi connectivity index (χ1) is 14.8. The number of methoxy groups -OCH3 is 1. The summed E-state index contributed by atoms with van der Waals surface area (Å²) in [5.41, 5.74) is 1.49. The first-order valence-electron chi connectivity index (χ1n) is 10.2. The normalized spacial score (nSPS) is 19.4. The number of hydrogen-bond donors (Lipinski definition) is 1. The lowest BCUT2D eigenvalue weighted by Crippen LogP contribution is -2.27. The molecule has 0 amide bonds. The molecule has 1 aromatic heterocycles. The molecule has 31 heavy (non-hydrogen) atoms. The average Bonchev–Trinajstić information content (AvgIpc) is 3.21. The summed E-state index contributed by atoms with van der Waals surface area (Å²) in [6.45, 7) is 0. The van der Waals surface area contributed by atoms with Crippen LogP contribution in [0.15, 0.2) is 46.9 Å². The summed E-state index contributed by atoms with van der Waals surface area (Å²) >= 11 is 0. The lowest BCUT2D eigenvalue weighted by Gasteiger charge is -2.29. The molecule has 0 spiro atoms. The zero-order chi connectivity index (χ0) is 22.0. The Morgan fingerprint density at radius 1 is 1.13 bits per heavy atom. The Balaban J connectivity index is 1.35. The van der Waals surface area contributed by atoms with Gasteiger partial charge in [0.2, 0.25) is 0 Å². The summed E-state index contributed by atoms with van der Waals surface area (Å²) in [7, 11) is 1.58. The highest BCUT2D eigenvalue weighted by atomic mass is 19.4. The molecule has 1 heterocycles. The number of anilines is 1. The lowest BCUT2D eigenvalue weighted by molar-refractivity contribution is -0.156. The second-order valence-electron chi connectivity index (χ2n) is 7.89. The van der Waals surface area contributed by atoms with Crippen LogP contribution in [0.2, 0.25) is 0 Å². The number of carbonyl (C=O) groups excluding carboxylic acids is 1. The van der Waals surface area contributed by atoms with Gasteiger partial charge < -0.3 is 14.5 Å². The molecule has 0 saturated heterocycles. The van der Waals surface area contributed by atoms with Crippen LogP contribution in [0.5, 0.6) is 5.75 Å². The minimum absolute atomic E-state index is 0.109. The fraction of sp³-hybridized carbons (Fsp3) is 0.391. The first kappa shape index (κ1) is 21.2. The third-order valence-corrected chi connectivity index (χ3v) is 5.75. The van der Waals surface area contributed by atoms with Crippen LogP contribution in [0, 0.1) is 5.92 Å². The topological polar surface area (TPSA) is 64.4 Å². The Labute approximate surface area is 177 Å². The van der Waals surface area contributed by atoms with Crippen molar-refractivity contribution in [1.82, 2.24) is 4.98 Å². The van der Waals surface area contributed by atoms with E-state index in [4.69, 9.17) is 9.15 Å². The van der Waals surface area contributed by atoms with E-state index in [-0.39, 0.29) is 22.9 Å². The number of oxazole rings is 1. The smallest absolute Gasteiger partial charge is 0.468 e. The van der Waals surface area contributed by atoms with Gasteiger partial charge in [0.25, 0.3) is 0 Å². The van der Waals surface area contributed by atoms with E-state index >= 15 is 0 Å². The van der Waals surface area contributed by atoms with E-state index in [9.17, 15) is 18.0 Å². The van der Waals surface area contributed by atoms with Crippen molar-refractivity contribution < 1.29 is 27.1 Å². The van der Waals surface area contributed by atoms with E-state index in [0.29, 0.717) is 29.3 Å². The molecule has 4 rings (SSSR count). The number of aromatic nitrogens is 1. The third kappa shape index (κ3) is 4.84. The van der Waals surface area contributed by atoms with Gasteiger partial charge in [0.05, 0.1) is 12.8 Å². The number of rotatable bonds is 6. The van der Waals surface area contributed by atoms with Crippen molar-refractivity contribution in [2.75, 3.05) is 12.4 Å². The van der Waals surface area contributed by atoms with Crippen LogP contribution in [-0.4, -0.2) is 23.9 Å². The summed E-state index contributed by atoms with van der Waals surface area (Å²) in [5, 5.41) is 3.31. The minimum Gasteiger partial charge on any atom is -0.497 e. The predicted octanol–water partition coefficient (Wildman–Crippen LogP) is 6.10. The van der Waals surface area contributed by atoms with Crippen molar-refractivity contribution in [3.8, 4) is 5.75 Å². The maximum atomic E-state index is 12.9. The van der Waals surface area contributed by atoms with Gasteiger partial charge in [-0.25, -0.2) is 4.98 Å². The zero-order valence-electron chi connectivity index (χ0n) is 17.0. The second kappa shape index (κ2) is 8.61. The largest absolute Gasteiger partial charge is 0.497 e. The average molecular weight is 432 g/mol. The van der Waals surface area contributed by atoms with Crippen LogP contribution in [0.25, 0.3) is 11.1 Å². The van der Waals surface area contributed by atoms with Gasteiger partial charge in [-0.3, -0.25) is 4.79 Å². The Morgan fingerprint density at radius 2 is 1.84 bits per heavy atom. The highest BCUT2D eigenvalue weighted by Crippen LogP contribution is 2.35. The number of halogens is 3. The summed E-state index contributed by atoms with van der Waals surface area (Å²) in [6.07, 6.45) is -0.718. The number of para-hydroxylation sites is 1. The number of fused-ring (bicyclic) bond motifs is 1. The van der Waals surface area contributed by atoms with Crippen molar-refractivity contribution >= 4 is 22.6 Å². The monoisotopic (exact) mass is 432 g/mol. The number of carbonyl (C=O) groups is 1. The van der Waals surface area contributed by atoms with E-state index < -0.39 is 12.1 Å². The number of Topliss-reactive ketones (excluding diaryl/α,β-unsaturated/α-hetero) is 1. The van der Waals surface area contributed by atoms with Gasteiger partial charge in [-0.15, -0.1) is 0 Å². The van der Waals surface area contributed by atoms with Crippen LogP contribution in [-0.2, 0) is 6.18 Å². The van der Waals surface area contributed by atoms with E-state index in [1.807, 2.05) is 0 Å². The zero-order valence-corrected chi connectivity index (χ0v) is 17.0. The highest BCUT2D eigenvalue weighted by molar-refractivity contribution is 5.96. The fourth-order valence-corrected chi connectivity index (χ4v) is 4.07. The number of nitrogens with one attached hydrogen (secondary N) is 1. The molecule has 0 atom stereocenters. The Kier molecular flexibility index (Phi) is 5.89. The van der Waals surface area contributed by atoms with Gasteiger partial charge in [-0.1, -0.05) is 6.07 Å². The maximum Gasteiger partial charge on any atom is 0.468 e. The number of ketones is 1. The highest BCUT2D eigenvalue weighted by Gasteiger charge is 2.38. The van der Waals surface area contributed by atoms with Crippen molar-refractivity contribution in [2.24, 2.45) is 5.92 Å². The van der Waals surface area contributed by atoms with Crippen molar-refractivity contribution in [3.63, 3.8) is 0 Å². The molecule has 1 N–H and O–H groups in total. The van der Waals surface area contributed by atoms with Crippen LogP contribution in [0.1, 0.15) is 48.4 Å². The quantitative estimate of drug-likeness (QED) is 0.477. The van der Waals surface area contributed by atoms with Crippen LogP contribution < -0.4 is 10.1 Å². The van der Waals surface area contributed by atoms with Crippen LogP contribution in [0.3, 0.4) is 0 Å². The third-order valence-electron chi connectivity index (χ3n) is 5.75. The molecule has 0 unspecified atom stereocenters. The van der Waals surface area contributed by atoms with Crippen LogP contribution in [0.4, 0.5) is 18.9 Å². The van der Waals surface area contributed by atoms with Gasteiger partial charge in [-0.05, 0) is 68.0 Å². The van der Waals surface area contributed by atoms with Gasteiger partial charge in [-0.2, -0.15) is 13.2 Å². The van der Waals surface area contributed by atoms with Crippen molar-refractivity contribution in [2.45, 2.75) is 44.3 Å². The molecule has 2 aromatic carbocycles. The number of nitrogens with zero attached hydrogens (tertiary/aromatic N) is 1. The summed E-state index contributed by atoms with van der Waals surface area (Å²) in [4.78, 5) is 16.1. The molecule has 164 valence electrons. The molecule has 1 aliphatic rings. The number of alkyl halides is 3. The van der Waals surface area contributed by atoms with E-state index in [0.717, 1.165) is 25.7 Å². The molecule has 3 aromatic rings. The van der Waals surface area contributed by atoms with Gasteiger partial charge in [0.15, 0.2) is 11.4 Å². The maximum absolute atomic E-state index is 12.9. The van der Waals surface area contributed by atoms with Crippen LogP contribution >= 0.6 is 0 Å². The predicted molar refractivity (Wildman–Crippen MR) is 110 cm³/mol. The molecular weight excluding hydrogens is 409 g/mol. The fourth-order valence-electron chi connectivity index (χ4n) is 4.07. The van der Waals surface area contributed by atoms with Gasteiger partial charge in [0.1, 0.15) is 11.3 Å². The van der Waals surface area contributed by atoms with E-state index in [1.54, 1.807) is 43.5 Å². The number of benzene rings is 2. The van der Waals surface area contributed by atoms with Crippen molar-refractivity contribution in [3.05, 3.63) is 53.9 Å². The SMILES string of the molecule is COc1ccc(C(=O)CC2CCC(Nc3cccc4nc(C(F)(F)F)oc34)CC2)cc1. The minimum atomic E-state index is -4.62. The Morgan fingerprint density at radius 3 is 2.48 bits per heavy atom. The number of ether oxygens (including phenoxy) is 1. The molecule has 0 aliphatic heterocycles. The lowest BCUT2D eigenvalue weighted by atomic mass is 9.82. The molecule has 0 bridgehead atoms. The molecule has 1 fully saturated rings. The molecule has 0 radical (unpaired) electrons. The molecule has 5 nitrogen and oxygen atoms in total.